The molecule has 0 fully saturated rings. The SMILES string of the molecule is CCC[C@H](NC(=O)[C@@](N)(CCCC(N)C(=O)OC(C)(C)C)C(=O)C[C@@H](C)c1ccccc1)C(=O)N[C@@H](CC(C)C)C(=O)O. The maximum atomic E-state index is 13.7. The molecule has 0 aliphatic heterocycles. The molecule has 0 radical (unpaired) electrons. The van der Waals surface area contributed by atoms with E-state index in [-0.39, 0.29) is 50.4 Å². The van der Waals surface area contributed by atoms with Crippen LogP contribution in [-0.2, 0) is 28.7 Å². The van der Waals surface area contributed by atoms with E-state index in [0.29, 0.717) is 6.42 Å². The number of ether oxygens (including phenoxy) is 1. The van der Waals surface area contributed by atoms with E-state index in [0.717, 1.165) is 5.56 Å². The van der Waals surface area contributed by atoms with Crippen LogP contribution in [0.1, 0.15) is 105 Å². The number of carboxylic acids is 1. The van der Waals surface area contributed by atoms with Crippen LogP contribution in [0.5, 0.6) is 0 Å². The smallest absolute Gasteiger partial charge is 0.326 e. The summed E-state index contributed by atoms with van der Waals surface area (Å²) < 4.78 is 5.33. The number of carbonyl (C=O) groups is 5. The average Bonchev–Trinajstić information content (AvgIpc) is 2.91. The molecule has 0 bridgehead atoms. The molecular formula is C32H52N4O7. The van der Waals surface area contributed by atoms with E-state index >= 15 is 0 Å². The fourth-order valence-corrected chi connectivity index (χ4v) is 4.65. The van der Waals surface area contributed by atoms with Gasteiger partial charge in [0.25, 0.3) is 0 Å². The lowest BCUT2D eigenvalue weighted by Gasteiger charge is -2.31. The number of hydrogen-bond acceptors (Lipinski definition) is 8. The van der Waals surface area contributed by atoms with E-state index in [9.17, 15) is 29.1 Å². The molecule has 5 atom stereocenters. The number of hydrogen-bond donors (Lipinski definition) is 5. The summed E-state index contributed by atoms with van der Waals surface area (Å²) in [6.07, 6.45) is 1.05. The molecule has 0 aliphatic rings. The van der Waals surface area contributed by atoms with Crippen LogP contribution >= 0.6 is 0 Å². The average molecular weight is 605 g/mol. The van der Waals surface area contributed by atoms with Crippen LogP contribution in [0, 0.1) is 5.92 Å². The van der Waals surface area contributed by atoms with Gasteiger partial charge in [0.15, 0.2) is 11.3 Å². The van der Waals surface area contributed by atoms with Gasteiger partial charge in [0, 0.05) is 6.42 Å². The number of amides is 2. The summed E-state index contributed by atoms with van der Waals surface area (Å²) in [5.41, 5.74) is 10.8. The number of carboxylic acid groups (broad SMARTS) is 1. The minimum atomic E-state index is -2.02. The zero-order chi connectivity index (χ0) is 33.0. The van der Waals surface area contributed by atoms with Gasteiger partial charge in [0.05, 0.1) is 0 Å². The van der Waals surface area contributed by atoms with Gasteiger partial charge in [-0.25, -0.2) is 4.79 Å². The Hall–Kier alpha value is -3.31. The first kappa shape index (κ1) is 37.7. The summed E-state index contributed by atoms with van der Waals surface area (Å²) >= 11 is 0. The third kappa shape index (κ3) is 12.8. The van der Waals surface area contributed by atoms with Crippen molar-refractivity contribution < 1.29 is 33.8 Å². The van der Waals surface area contributed by atoms with Crippen LogP contribution in [-0.4, -0.2) is 63.9 Å². The van der Waals surface area contributed by atoms with Gasteiger partial charge in [-0.15, -0.1) is 0 Å². The Morgan fingerprint density at radius 3 is 2.07 bits per heavy atom. The summed E-state index contributed by atoms with van der Waals surface area (Å²) in [6, 6.07) is 6.13. The number of Topliss-reactive ketones (excluding diaryl/α,β-unsaturated/α-hetero) is 1. The van der Waals surface area contributed by atoms with Crippen LogP contribution in [0.2, 0.25) is 0 Å². The molecule has 0 aromatic heterocycles. The Labute approximate surface area is 255 Å². The number of carbonyl (C=O) groups excluding carboxylic acids is 4. The maximum Gasteiger partial charge on any atom is 0.326 e. The first-order valence-electron chi connectivity index (χ1n) is 15.1. The number of nitrogens with two attached hydrogens (primary N) is 2. The molecule has 43 heavy (non-hydrogen) atoms. The fraction of sp³-hybridized carbons (Fsp3) is 0.656. The molecule has 0 aliphatic carbocycles. The molecule has 7 N–H and O–H groups in total. The van der Waals surface area contributed by atoms with Crippen LogP contribution in [0.15, 0.2) is 30.3 Å². The zero-order valence-electron chi connectivity index (χ0n) is 26.8. The van der Waals surface area contributed by atoms with E-state index in [4.69, 9.17) is 16.2 Å². The van der Waals surface area contributed by atoms with Gasteiger partial charge in [0.2, 0.25) is 11.8 Å². The van der Waals surface area contributed by atoms with Crippen molar-refractivity contribution in [3.63, 3.8) is 0 Å². The highest BCUT2D eigenvalue weighted by Gasteiger charge is 2.43. The molecule has 1 rings (SSSR count). The van der Waals surface area contributed by atoms with Crippen LogP contribution < -0.4 is 22.1 Å². The van der Waals surface area contributed by atoms with Gasteiger partial charge in [-0.2, -0.15) is 0 Å². The highest BCUT2D eigenvalue weighted by Crippen LogP contribution is 2.25. The summed E-state index contributed by atoms with van der Waals surface area (Å²) in [4.78, 5) is 64.7. The number of aliphatic carboxylic acids is 1. The largest absolute Gasteiger partial charge is 0.480 e. The Balaban J connectivity index is 3.20. The maximum absolute atomic E-state index is 13.7. The Morgan fingerprint density at radius 2 is 1.56 bits per heavy atom. The van der Waals surface area contributed by atoms with Gasteiger partial charge in [-0.1, -0.05) is 64.4 Å². The highest BCUT2D eigenvalue weighted by molar-refractivity contribution is 6.11. The quantitative estimate of drug-likeness (QED) is 0.124. The molecule has 11 nitrogen and oxygen atoms in total. The minimum Gasteiger partial charge on any atom is -0.480 e. The van der Waals surface area contributed by atoms with Gasteiger partial charge >= 0.3 is 11.9 Å². The normalized spacial score (nSPS) is 15.9. The van der Waals surface area contributed by atoms with Crippen molar-refractivity contribution in [1.29, 1.82) is 0 Å². The first-order chi connectivity index (χ1) is 19.9. The van der Waals surface area contributed by atoms with Crippen LogP contribution in [0.4, 0.5) is 0 Å². The van der Waals surface area contributed by atoms with Crippen molar-refractivity contribution in [2.75, 3.05) is 0 Å². The van der Waals surface area contributed by atoms with Crippen molar-refractivity contribution in [2.45, 2.75) is 129 Å². The Bertz CT molecular complexity index is 1090. The molecular weight excluding hydrogens is 552 g/mol. The van der Waals surface area contributed by atoms with Crippen molar-refractivity contribution in [2.24, 2.45) is 17.4 Å². The van der Waals surface area contributed by atoms with Crippen molar-refractivity contribution in [1.82, 2.24) is 10.6 Å². The lowest BCUT2D eigenvalue weighted by atomic mass is 9.81. The predicted octanol–water partition coefficient (Wildman–Crippen LogP) is 3.19. The van der Waals surface area contributed by atoms with Crippen molar-refractivity contribution in [3.8, 4) is 0 Å². The summed E-state index contributed by atoms with van der Waals surface area (Å²) in [5, 5.41) is 14.7. The van der Waals surface area contributed by atoms with Crippen molar-refractivity contribution in [3.05, 3.63) is 35.9 Å². The molecule has 0 heterocycles. The number of ketones is 1. The first-order valence-corrected chi connectivity index (χ1v) is 15.1. The second kappa shape index (κ2) is 17.1. The summed E-state index contributed by atoms with van der Waals surface area (Å²) in [5.74, 6) is -4.04. The molecule has 11 heteroatoms. The van der Waals surface area contributed by atoms with Gasteiger partial charge in [-0.05, 0) is 70.3 Å². The van der Waals surface area contributed by atoms with E-state index in [1.807, 2.05) is 58.0 Å². The van der Waals surface area contributed by atoms with E-state index in [1.165, 1.54) is 0 Å². The molecule has 1 aromatic carbocycles. The Morgan fingerprint density at radius 1 is 0.953 bits per heavy atom. The lowest BCUT2D eigenvalue weighted by Crippen LogP contribution is -2.63. The fourth-order valence-electron chi connectivity index (χ4n) is 4.65. The van der Waals surface area contributed by atoms with Gasteiger partial charge < -0.3 is 31.9 Å². The minimum absolute atomic E-state index is 0.00795. The number of rotatable bonds is 18. The molecule has 0 saturated heterocycles. The molecule has 242 valence electrons. The third-order valence-corrected chi connectivity index (χ3v) is 7.08. The predicted molar refractivity (Wildman–Crippen MR) is 165 cm³/mol. The standard InChI is InChI=1S/C32H52N4O7/c1-8-13-24(27(38)35-25(28(39)40)18-20(2)3)36-30(42)32(34,17-12-16-23(33)29(41)43-31(5,6)7)26(37)19-21(4)22-14-10-9-11-15-22/h9-11,14-15,20-21,23-25H,8,12-13,16-19,33-34H2,1-7H3,(H,35,38)(H,36,42)(H,39,40)/t21-,23?,24+,25+,32-/m1/s1. The molecule has 1 aromatic rings. The van der Waals surface area contributed by atoms with E-state index in [2.05, 4.69) is 10.6 Å². The highest BCUT2D eigenvalue weighted by atomic mass is 16.6. The van der Waals surface area contributed by atoms with Gasteiger partial charge in [-0.3, -0.25) is 19.2 Å². The Kier molecular flexibility index (Phi) is 15.0. The van der Waals surface area contributed by atoms with Crippen LogP contribution in [0.25, 0.3) is 0 Å². The zero-order valence-corrected chi connectivity index (χ0v) is 26.8. The van der Waals surface area contributed by atoms with Crippen LogP contribution in [0.3, 0.4) is 0 Å². The summed E-state index contributed by atoms with van der Waals surface area (Å²) in [7, 11) is 0. The monoisotopic (exact) mass is 604 g/mol. The summed E-state index contributed by atoms with van der Waals surface area (Å²) in [6.45, 7) is 12.5. The van der Waals surface area contributed by atoms with Crippen molar-refractivity contribution >= 4 is 29.5 Å². The van der Waals surface area contributed by atoms with E-state index in [1.54, 1.807) is 20.8 Å². The molecule has 2 amide bonds. The third-order valence-electron chi connectivity index (χ3n) is 7.08. The van der Waals surface area contributed by atoms with Gasteiger partial charge in [0.1, 0.15) is 23.7 Å². The number of benzene rings is 1. The van der Waals surface area contributed by atoms with E-state index < -0.39 is 58.8 Å². The molecule has 1 unspecified atom stereocenters. The second-order valence-electron chi connectivity index (χ2n) is 12.8. The molecule has 0 spiro atoms. The number of esters is 1. The number of nitrogens with one attached hydrogen (secondary N) is 2. The lowest BCUT2D eigenvalue weighted by molar-refractivity contribution is -0.156. The molecule has 0 saturated carbocycles. The second-order valence-corrected chi connectivity index (χ2v) is 12.8. The topological polar surface area (TPSA) is 191 Å².